The molecule has 0 aliphatic rings. The third-order valence-corrected chi connectivity index (χ3v) is 5.50. The summed E-state index contributed by atoms with van der Waals surface area (Å²) in [5.41, 5.74) is 1.35. The summed E-state index contributed by atoms with van der Waals surface area (Å²) in [7, 11) is 3.19. The van der Waals surface area contributed by atoms with Crippen molar-refractivity contribution in [3.8, 4) is 28.7 Å². The van der Waals surface area contributed by atoms with Crippen molar-refractivity contribution in [1.82, 2.24) is 10.2 Å². The summed E-state index contributed by atoms with van der Waals surface area (Å²) >= 11 is 1.30. The number of rotatable bonds is 12. The molecule has 1 aromatic heterocycles. The number of hydrogen-bond donors (Lipinski definition) is 1. The molecule has 182 valence electrons. The van der Waals surface area contributed by atoms with Crippen molar-refractivity contribution in [3.05, 3.63) is 46.5 Å². The Labute approximate surface area is 203 Å². The second-order valence-electron chi connectivity index (χ2n) is 6.92. The van der Waals surface area contributed by atoms with Crippen molar-refractivity contribution in [3.63, 3.8) is 0 Å². The van der Waals surface area contributed by atoms with Gasteiger partial charge in [0.1, 0.15) is 5.01 Å². The maximum Gasteiger partial charge on any atom is 0.257 e. The molecule has 0 unspecified atom stereocenters. The summed E-state index contributed by atoms with van der Waals surface area (Å²) in [5.74, 6) is 2.33. The van der Waals surface area contributed by atoms with E-state index in [0.29, 0.717) is 65.7 Å². The highest BCUT2D eigenvalue weighted by Crippen LogP contribution is 2.39. The predicted molar refractivity (Wildman–Crippen MR) is 130 cm³/mol. The van der Waals surface area contributed by atoms with Gasteiger partial charge in [-0.25, -0.2) is 0 Å². The van der Waals surface area contributed by atoms with Gasteiger partial charge < -0.3 is 23.7 Å². The van der Waals surface area contributed by atoms with Gasteiger partial charge >= 0.3 is 0 Å². The number of aromatic nitrogens is 2. The minimum Gasteiger partial charge on any atom is -0.493 e. The molecule has 0 aliphatic heterocycles. The maximum atomic E-state index is 13.0. The lowest BCUT2D eigenvalue weighted by atomic mass is 10.1. The monoisotopic (exact) mass is 487 g/mol. The van der Waals surface area contributed by atoms with E-state index in [1.807, 2.05) is 39.0 Å². The van der Waals surface area contributed by atoms with E-state index < -0.39 is 0 Å². The number of ether oxygens (including phenoxy) is 5. The maximum absolute atomic E-state index is 13.0. The van der Waals surface area contributed by atoms with Crippen LogP contribution in [-0.4, -0.2) is 50.1 Å². The SMILES string of the molecule is CCOc1cc(C(=O)Nc2nnc(Cc3ccc(OC)c(OC)c3)s2)cc(OCC)c1OCC. The standard InChI is InChI=1S/C24H29N3O6S/c1-6-31-19-13-16(14-20(32-7-2)22(19)33-8-3)23(28)25-24-27-26-21(34-24)12-15-9-10-17(29-4)18(11-15)30-5/h9-11,13-14H,6-8,12H2,1-5H3,(H,25,27,28). The second-order valence-corrected chi connectivity index (χ2v) is 7.98. The molecule has 0 radical (unpaired) electrons. The zero-order valence-electron chi connectivity index (χ0n) is 20.0. The number of methoxy groups -OCH3 is 2. The first-order valence-electron chi connectivity index (χ1n) is 10.9. The first-order chi connectivity index (χ1) is 16.5. The number of anilines is 1. The smallest absolute Gasteiger partial charge is 0.257 e. The van der Waals surface area contributed by atoms with Crippen molar-refractivity contribution in [2.45, 2.75) is 27.2 Å². The molecule has 2 aromatic carbocycles. The number of amides is 1. The van der Waals surface area contributed by atoms with Gasteiger partial charge in [-0.1, -0.05) is 17.4 Å². The van der Waals surface area contributed by atoms with Crippen molar-refractivity contribution in [1.29, 1.82) is 0 Å². The number of nitrogens with one attached hydrogen (secondary N) is 1. The van der Waals surface area contributed by atoms with Gasteiger partial charge in [-0.3, -0.25) is 10.1 Å². The molecule has 3 rings (SSSR count). The van der Waals surface area contributed by atoms with Gasteiger partial charge in [-0.15, -0.1) is 10.2 Å². The molecule has 1 amide bonds. The number of benzene rings is 2. The van der Waals surface area contributed by atoms with E-state index in [2.05, 4.69) is 15.5 Å². The van der Waals surface area contributed by atoms with Crippen molar-refractivity contribution in [2.24, 2.45) is 0 Å². The van der Waals surface area contributed by atoms with Gasteiger partial charge in [0.25, 0.3) is 5.91 Å². The molecule has 0 saturated carbocycles. The highest BCUT2D eigenvalue weighted by atomic mass is 32.1. The molecular weight excluding hydrogens is 458 g/mol. The Morgan fingerprint density at radius 2 is 1.50 bits per heavy atom. The van der Waals surface area contributed by atoms with Gasteiger partial charge in [0, 0.05) is 12.0 Å². The third kappa shape index (κ3) is 6.07. The van der Waals surface area contributed by atoms with Gasteiger partial charge in [-0.2, -0.15) is 0 Å². The van der Waals surface area contributed by atoms with Crippen LogP contribution in [0.25, 0.3) is 0 Å². The average molecular weight is 488 g/mol. The fourth-order valence-corrected chi connectivity index (χ4v) is 4.00. The minimum absolute atomic E-state index is 0.348. The molecule has 0 saturated heterocycles. The Kier molecular flexibility index (Phi) is 8.92. The summed E-state index contributed by atoms with van der Waals surface area (Å²) in [5, 5.41) is 12.3. The molecule has 1 N–H and O–H groups in total. The summed E-state index contributed by atoms with van der Waals surface area (Å²) in [6, 6.07) is 8.94. The quantitative estimate of drug-likeness (QED) is 0.396. The number of hydrogen-bond acceptors (Lipinski definition) is 9. The average Bonchev–Trinajstić information content (AvgIpc) is 3.27. The second kappa shape index (κ2) is 12.1. The van der Waals surface area contributed by atoms with Gasteiger partial charge in [-0.05, 0) is 50.6 Å². The van der Waals surface area contributed by atoms with Crippen LogP contribution in [0.1, 0.15) is 41.7 Å². The lowest BCUT2D eigenvalue weighted by molar-refractivity contribution is 0.102. The Morgan fingerprint density at radius 1 is 0.853 bits per heavy atom. The largest absolute Gasteiger partial charge is 0.493 e. The molecule has 0 bridgehead atoms. The summed E-state index contributed by atoms with van der Waals surface area (Å²) in [4.78, 5) is 13.0. The first kappa shape index (κ1) is 25.1. The highest BCUT2D eigenvalue weighted by Gasteiger charge is 2.19. The summed E-state index contributed by atoms with van der Waals surface area (Å²) in [6.07, 6.45) is 0.542. The van der Waals surface area contributed by atoms with Crippen molar-refractivity contribution >= 4 is 22.4 Å². The number of carbonyl (C=O) groups excluding carboxylic acids is 1. The molecule has 0 fully saturated rings. The number of carbonyl (C=O) groups is 1. The topological polar surface area (TPSA) is 101 Å². The van der Waals surface area contributed by atoms with Gasteiger partial charge in [0.05, 0.1) is 34.0 Å². The van der Waals surface area contributed by atoms with E-state index in [1.165, 1.54) is 11.3 Å². The minimum atomic E-state index is -0.348. The van der Waals surface area contributed by atoms with Crippen LogP contribution < -0.4 is 29.0 Å². The van der Waals surface area contributed by atoms with E-state index in [4.69, 9.17) is 23.7 Å². The van der Waals surface area contributed by atoms with E-state index in [1.54, 1.807) is 26.4 Å². The molecule has 34 heavy (non-hydrogen) atoms. The van der Waals surface area contributed by atoms with Gasteiger partial charge in [0.2, 0.25) is 10.9 Å². The molecule has 9 nitrogen and oxygen atoms in total. The molecule has 0 spiro atoms. The third-order valence-electron chi connectivity index (χ3n) is 4.66. The van der Waals surface area contributed by atoms with Crippen LogP contribution in [0.5, 0.6) is 28.7 Å². The molecule has 0 atom stereocenters. The van der Waals surface area contributed by atoms with E-state index in [9.17, 15) is 4.79 Å². The van der Waals surface area contributed by atoms with Crippen LogP contribution in [0, 0.1) is 0 Å². The van der Waals surface area contributed by atoms with Crippen molar-refractivity contribution in [2.75, 3.05) is 39.4 Å². The van der Waals surface area contributed by atoms with Crippen molar-refractivity contribution < 1.29 is 28.5 Å². The Hall–Kier alpha value is -3.53. The van der Waals surface area contributed by atoms with E-state index in [0.717, 1.165) is 10.6 Å². The zero-order chi connectivity index (χ0) is 24.5. The highest BCUT2D eigenvalue weighted by molar-refractivity contribution is 7.15. The van der Waals surface area contributed by atoms with Crippen LogP contribution in [-0.2, 0) is 6.42 Å². The predicted octanol–water partition coefficient (Wildman–Crippen LogP) is 4.59. The van der Waals surface area contributed by atoms with Crippen LogP contribution in [0.15, 0.2) is 30.3 Å². The fraction of sp³-hybridized carbons (Fsp3) is 0.375. The van der Waals surface area contributed by atoms with E-state index >= 15 is 0 Å². The van der Waals surface area contributed by atoms with Crippen LogP contribution in [0.4, 0.5) is 5.13 Å². The first-order valence-corrected chi connectivity index (χ1v) is 11.8. The lowest BCUT2D eigenvalue weighted by Gasteiger charge is -2.16. The Morgan fingerprint density at radius 3 is 2.09 bits per heavy atom. The fourth-order valence-electron chi connectivity index (χ4n) is 3.23. The molecule has 10 heteroatoms. The van der Waals surface area contributed by atoms with E-state index in [-0.39, 0.29) is 5.91 Å². The zero-order valence-corrected chi connectivity index (χ0v) is 20.8. The van der Waals surface area contributed by atoms with Gasteiger partial charge in [0.15, 0.2) is 23.0 Å². The Balaban J connectivity index is 1.77. The molecule has 3 aromatic rings. The summed E-state index contributed by atoms with van der Waals surface area (Å²) in [6.45, 7) is 6.90. The molecule has 0 aliphatic carbocycles. The van der Waals surface area contributed by atoms with Crippen LogP contribution >= 0.6 is 11.3 Å². The molecule has 1 heterocycles. The lowest BCUT2D eigenvalue weighted by Crippen LogP contribution is -2.13. The molecular formula is C24H29N3O6S. The Bertz CT molecular complexity index is 1090. The normalized spacial score (nSPS) is 10.5. The van der Waals surface area contributed by atoms with Crippen LogP contribution in [0.2, 0.25) is 0 Å². The summed E-state index contributed by atoms with van der Waals surface area (Å²) < 4.78 is 27.7. The number of nitrogens with zero attached hydrogens (tertiary/aromatic N) is 2. The van der Waals surface area contributed by atoms with Crippen LogP contribution in [0.3, 0.4) is 0 Å².